The Kier molecular flexibility index (Phi) is 2.41. The van der Waals surface area contributed by atoms with Gasteiger partial charge in [-0.2, -0.15) is 0 Å². The Morgan fingerprint density at radius 2 is 2.23 bits per heavy atom. The highest BCUT2D eigenvalue weighted by Crippen LogP contribution is 2.14. The van der Waals surface area contributed by atoms with Gasteiger partial charge in [-0.15, -0.1) is 0 Å². The molecule has 67 valence electrons. The molecule has 1 aromatic rings. The molecule has 0 aliphatic carbocycles. The van der Waals surface area contributed by atoms with Gasteiger partial charge in [-0.05, 0) is 19.0 Å². The monoisotopic (exact) mass is 174 g/mol. The summed E-state index contributed by atoms with van der Waals surface area (Å²) in [6.45, 7) is 1.80. The summed E-state index contributed by atoms with van der Waals surface area (Å²) in [7, 11) is 0. The van der Waals surface area contributed by atoms with Gasteiger partial charge in [0, 0.05) is 18.0 Å². The highest BCUT2D eigenvalue weighted by molar-refractivity contribution is 5.98. The lowest BCUT2D eigenvalue weighted by atomic mass is 9.97. The molecule has 1 aromatic carbocycles. The van der Waals surface area contributed by atoms with Crippen molar-refractivity contribution in [1.82, 2.24) is 5.32 Å². The summed E-state index contributed by atoms with van der Waals surface area (Å²) in [5, 5.41) is 3.19. The van der Waals surface area contributed by atoms with Crippen molar-refractivity contribution >= 4 is 5.78 Å². The lowest BCUT2D eigenvalue weighted by Gasteiger charge is -2.05. The van der Waals surface area contributed by atoms with Crippen LogP contribution in [0, 0.1) is 12.0 Å². The molecule has 0 amide bonds. The number of carbonyl (C=O) groups is 1. The van der Waals surface area contributed by atoms with Crippen molar-refractivity contribution in [2.24, 2.45) is 5.92 Å². The number of benzene rings is 1. The second kappa shape index (κ2) is 3.71. The van der Waals surface area contributed by atoms with Crippen molar-refractivity contribution in [1.29, 1.82) is 0 Å². The maximum absolute atomic E-state index is 11.8. The lowest BCUT2D eigenvalue weighted by molar-refractivity contribution is 0.0930. The summed E-state index contributed by atoms with van der Waals surface area (Å²) >= 11 is 0. The minimum atomic E-state index is 0.183. The van der Waals surface area contributed by atoms with Crippen LogP contribution in [0.25, 0.3) is 0 Å². The molecule has 0 bridgehead atoms. The van der Waals surface area contributed by atoms with Crippen molar-refractivity contribution in [3.8, 4) is 0 Å². The normalized spacial score (nSPS) is 21.7. The molecule has 0 aromatic heterocycles. The van der Waals surface area contributed by atoms with Crippen LogP contribution in [-0.2, 0) is 0 Å². The largest absolute Gasteiger partial charge is 0.316 e. The number of rotatable bonds is 2. The third-order valence-electron chi connectivity index (χ3n) is 2.43. The van der Waals surface area contributed by atoms with Crippen LogP contribution in [0.1, 0.15) is 16.8 Å². The number of hydrogen-bond acceptors (Lipinski definition) is 2. The molecule has 1 N–H and O–H groups in total. The Balaban J connectivity index is 2.13. The molecule has 1 aliphatic rings. The fourth-order valence-electron chi connectivity index (χ4n) is 1.67. The van der Waals surface area contributed by atoms with Gasteiger partial charge in [-0.25, -0.2) is 0 Å². The van der Waals surface area contributed by atoms with Gasteiger partial charge >= 0.3 is 0 Å². The molecule has 1 aliphatic heterocycles. The standard InChI is InChI=1S/C11H12NO/c13-11(10-6-7-12-8-10)9-4-2-1-3-5-9/h2-5,10,12H,6-8H2. The number of ketones is 1. The highest BCUT2D eigenvalue weighted by Gasteiger charge is 2.22. The van der Waals surface area contributed by atoms with Gasteiger partial charge in [-0.3, -0.25) is 4.79 Å². The van der Waals surface area contributed by atoms with Gasteiger partial charge in [0.15, 0.2) is 5.78 Å². The van der Waals surface area contributed by atoms with Crippen LogP contribution in [0.3, 0.4) is 0 Å². The van der Waals surface area contributed by atoms with Gasteiger partial charge in [0.25, 0.3) is 0 Å². The molecule has 2 nitrogen and oxygen atoms in total. The van der Waals surface area contributed by atoms with Crippen LogP contribution in [0.15, 0.2) is 24.3 Å². The quantitative estimate of drug-likeness (QED) is 0.684. The topological polar surface area (TPSA) is 29.1 Å². The van der Waals surface area contributed by atoms with E-state index in [-0.39, 0.29) is 11.7 Å². The van der Waals surface area contributed by atoms with Gasteiger partial charge < -0.3 is 5.32 Å². The Morgan fingerprint density at radius 1 is 1.46 bits per heavy atom. The molecule has 2 heteroatoms. The zero-order chi connectivity index (χ0) is 9.10. The first-order valence-electron chi connectivity index (χ1n) is 4.59. The molecule has 1 radical (unpaired) electrons. The minimum Gasteiger partial charge on any atom is -0.316 e. The average Bonchev–Trinajstić information content (AvgIpc) is 2.71. The summed E-state index contributed by atoms with van der Waals surface area (Å²) < 4.78 is 0. The molecule has 1 fully saturated rings. The molecular weight excluding hydrogens is 162 g/mol. The third kappa shape index (κ3) is 1.78. The van der Waals surface area contributed by atoms with Crippen molar-refractivity contribution in [2.75, 3.05) is 13.1 Å². The van der Waals surface area contributed by atoms with Gasteiger partial charge in [0.05, 0.1) is 0 Å². The maximum atomic E-state index is 11.8. The van der Waals surface area contributed by atoms with E-state index in [1.165, 1.54) is 0 Å². The summed E-state index contributed by atoms with van der Waals surface area (Å²) in [6, 6.07) is 10.2. The Hall–Kier alpha value is -1.15. The fourth-order valence-corrected chi connectivity index (χ4v) is 1.67. The van der Waals surface area contributed by atoms with E-state index in [1.807, 2.05) is 12.1 Å². The van der Waals surface area contributed by atoms with E-state index >= 15 is 0 Å². The van der Waals surface area contributed by atoms with E-state index in [4.69, 9.17) is 0 Å². The van der Waals surface area contributed by atoms with Gasteiger partial charge in [0.1, 0.15) is 0 Å². The zero-order valence-electron chi connectivity index (χ0n) is 7.42. The second-order valence-electron chi connectivity index (χ2n) is 3.34. The first-order valence-corrected chi connectivity index (χ1v) is 4.59. The van der Waals surface area contributed by atoms with E-state index in [0.717, 1.165) is 25.1 Å². The summed E-state index contributed by atoms with van der Waals surface area (Å²) in [5.74, 6) is 0.446. The lowest BCUT2D eigenvalue weighted by Crippen LogP contribution is -2.17. The summed E-state index contributed by atoms with van der Waals surface area (Å²) in [6.07, 6.45) is 0.970. The average molecular weight is 174 g/mol. The predicted octanol–water partition coefficient (Wildman–Crippen LogP) is 1.28. The van der Waals surface area contributed by atoms with Crippen molar-refractivity contribution in [3.63, 3.8) is 0 Å². The molecule has 2 rings (SSSR count). The van der Waals surface area contributed by atoms with Crippen LogP contribution in [0.5, 0.6) is 0 Å². The molecule has 1 saturated heterocycles. The third-order valence-corrected chi connectivity index (χ3v) is 2.43. The number of hydrogen-bond donors (Lipinski definition) is 1. The summed E-state index contributed by atoms with van der Waals surface area (Å²) in [5.41, 5.74) is 0.812. The van der Waals surface area contributed by atoms with Crippen LogP contribution in [0.4, 0.5) is 0 Å². The van der Waals surface area contributed by atoms with Crippen LogP contribution < -0.4 is 5.32 Å². The molecule has 0 spiro atoms. The molecule has 1 heterocycles. The minimum absolute atomic E-state index is 0.183. The van der Waals surface area contributed by atoms with E-state index in [1.54, 1.807) is 12.1 Å². The number of Topliss-reactive ketones (excluding diaryl/α,β-unsaturated/α-hetero) is 1. The smallest absolute Gasteiger partial charge is 0.167 e. The van der Waals surface area contributed by atoms with Crippen molar-refractivity contribution in [3.05, 3.63) is 35.9 Å². The first kappa shape index (κ1) is 8.45. The Morgan fingerprint density at radius 3 is 2.85 bits per heavy atom. The molecule has 13 heavy (non-hydrogen) atoms. The number of nitrogens with one attached hydrogen (secondary N) is 1. The Bertz CT molecular complexity index is 288. The molecule has 1 atom stereocenters. The van der Waals surface area contributed by atoms with Crippen LogP contribution in [0.2, 0.25) is 0 Å². The molecule has 1 unspecified atom stereocenters. The van der Waals surface area contributed by atoms with Crippen molar-refractivity contribution < 1.29 is 4.79 Å². The zero-order valence-corrected chi connectivity index (χ0v) is 7.42. The van der Waals surface area contributed by atoms with E-state index in [9.17, 15) is 4.79 Å². The van der Waals surface area contributed by atoms with Crippen LogP contribution >= 0.6 is 0 Å². The van der Waals surface area contributed by atoms with Crippen LogP contribution in [-0.4, -0.2) is 18.9 Å². The number of carbonyl (C=O) groups excluding carboxylic acids is 1. The van der Waals surface area contributed by atoms with Crippen molar-refractivity contribution in [2.45, 2.75) is 6.42 Å². The van der Waals surface area contributed by atoms with Gasteiger partial charge in [0.2, 0.25) is 0 Å². The van der Waals surface area contributed by atoms with Gasteiger partial charge in [-0.1, -0.05) is 24.3 Å². The fraction of sp³-hybridized carbons (Fsp3) is 0.364. The maximum Gasteiger partial charge on any atom is 0.167 e. The summed E-state index contributed by atoms with van der Waals surface area (Å²) in [4.78, 5) is 11.8. The first-order chi connectivity index (χ1) is 6.38. The SMILES string of the molecule is O=C(c1cc[c]cc1)C1CCNC1. The van der Waals surface area contributed by atoms with E-state index < -0.39 is 0 Å². The Labute approximate surface area is 78.0 Å². The predicted molar refractivity (Wildman–Crippen MR) is 50.6 cm³/mol. The van der Waals surface area contributed by atoms with E-state index in [0.29, 0.717) is 0 Å². The highest BCUT2D eigenvalue weighted by atomic mass is 16.1. The second-order valence-corrected chi connectivity index (χ2v) is 3.34. The molecular formula is C11H12NO. The molecule has 0 saturated carbocycles. The van der Waals surface area contributed by atoms with E-state index in [2.05, 4.69) is 11.4 Å².